The molecule has 0 radical (unpaired) electrons. The molecular formula is C15H23N3O3S. The number of anilines is 1. The van der Waals surface area contributed by atoms with E-state index in [-0.39, 0.29) is 17.4 Å². The summed E-state index contributed by atoms with van der Waals surface area (Å²) in [6.45, 7) is 0. The van der Waals surface area contributed by atoms with E-state index in [0.717, 1.165) is 12.1 Å². The minimum atomic E-state index is -3.04. The van der Waals surface area contributed by atoms with Gasteiger partial charge in [0, 0.05) is 11.8 Å². The predicted octanol–water partition coefficient (Wildman–Crippen LogP) is 1.91. The van der Waals surface area contributed by atoms with Crippen LogP contribution in [0.5, 0.6) is 0 Å². The lowest BCUT2D eigenvalue weighted by atomic mass is 9.86. The summed E-state index contributed by atoms with van der Waals surface area (Å²) in [5, 5.41) is 9.84. The maximum absolute atomic E-state index is 12.1. The van der Waals surface area contributed by atoms with Crippen molar-refractivity contribution in [2.24, 2.45) is 11.8 Å². The zero-order chi connectivity index (χ0) is 15.6. The Hall–Kier alpha value is -1.37. The van der Waals surface area contributed by atoms with Gasteiger partial charge >= 0.3 is 0 Å². The van der Waals surface area contributed by atoms with Crippen LogP contribution in [0.2, 0.25) is 0 Å². The van der Waals surface area contributed by atoms with Gasteiger partial charge in [-0.05, 0) is 18.8 Å². The third kappa shape index (κ3) is 3.88. The fraction of sp³-hybridized carbons (Fsp3) is 0.733. The Bertz CT molecular complexity index is 632. The summed E-state index contributed by atoms with van der Waals surface area (Å²) in [7, 11) is -3.04. The highest BCUT2D eigenvalue weighted by Crippen LogP contribution is 2.27. The van der Waals surface area contributed by atoms with E-state index in [0.29, 0.717) is 18.2 Å². The molecule has 2 fully saturated rings. The van der Waals surface area contributed by atoms with Gasteiger partial charge in [0.25, 0.3) is 0 Å². The van der Waals surface area contributed by atoms with Crippen LogP contribution < -0.4 is 5.32 Å². The lowest BCUT2D eigenvalue weighted by molar-refractivity contribution is -0.119. The number of hydrogen-bond acceptors (Lipinski definition) is 4. The predicted molar refractivity (Wildman–Crippen MR) is 84.3 cm³/mol. The monoisotopic (exact) mass is 325 g/mol. The minimum absolute atomic E-state index is 0.0435. The molecule has 2 aliphatic rings. The number of rotatable bonds is 4. The van der Waals surface area contributed by atoms with E-state index in [1.165, 1.54) is 32.1 Å². The van der Waals surface area contributed by atoms with Gasteiger partial charge < -0.3 is 5.32 Å². The summed E-state index contributed by atoms with van der Waals surface area (Å²) >= 11 is 0. The largest absolute Gasteiger partial charge is 0.309 e. The molecule has 1 aromatic heterocycles. The van der Waals surface area contributed by atoms with E-state index < -0.39 is 15.8 Å². The van der Waals surface area contributed by atoms with Gasteiger partial charge in [0.2, 0.25) is 5.91 Å². The molecule has 3 rings (SSSR count). The fourth-order valence-corrected chi connectivity index (χ4v) is 5.20. The number of carbonyl (C=O) groups excluding carboxylic acids is 1. The first kappa shape index (κ1) is 15.5. The molecule has 2 heterocycles. The van der Waals surface area contributed by atoms with Crippen LogP contribution >= 0.6 is 0 Å². The van der Waals surface area contributed by atoms with Crippen LogP contribution in [-0.4, -0.2) is 36.0 Å². The van der Waals surface area contributed by atoms with Crippen LogP contribution in [0.3, 0.4) is 0 Å². The lowest BCUT2D eigenvalue weighted by Crippen LogP contribution is -2.23. The standard InChI is InChI=1S/C15H23N3O3S/c19-15(12-6-7-22(20,21)10-12)16-14-9-13(17-18-14)8-11-4-2-1-3-5-11/h9,11-12H,1-8,10H2,(H2,16,17,18,19)/t12-/m1/s1. The van der Waals surface area contributed by atoms with Crippen LogP contribution in [0, 0.1) is 11.8 Å². The summed E-state index contributed by atoms with van der Waals surface area (Å²) < 4.78 is 22.8. The van der Waals surface area contributed by atoms with E-state index in [1.54, 1.807) is 0 Å². The van der Waals surface area contributed by atoms with Crippen LogP contribution in [0.1, 0.15) is 44.2 Å². The molecule has 0 aromatic carbocycles. The molecule has 1 aliphatic carbocycles. The Morgan fingerprint density at radius 3 is 2.73 bits per heavy atom. The molecule has 0 unspecified atom stereocenters. The second-order valence-electron chi connectivity index (χ2n) is 6.58. The van der Waals surface area contributed by atoms with Gasteiger partial charge in [-0.15, -0.1) is 0 Å². The molecule has 1 atom stereocenters. The average molecular weight is 325 g/mol. The Kier molecular flexibility index (Phi) is 4.52. The van der Waals surface area contributed by atoms with Crippen molar-refractivity contribution >= 4 is 21.6 Å². The molecule has 1 aromatic rings. The van der Waals surface area contributed by atoms with E-state index >= 15 is 0 Å². The van der Waals surface area contributed by atoms with Crippen molar-refractivity contribution in [1.29, 1.82) is 0 Å². The highest BCUT2D eigenvalue weighted by molar-refractivity contribution is 7.91. The molecule has 0 bridgehead atoms. The van der Waals surface area contributed by atoms with Crippen molar-refractivity contribution in [2.75, 3.05) is 16.8 Å². The normalized spacial score (nSPS) is 25.2. The van der Waals surface area contributed by atoms with E-state index in [1.807, 2.05) is 6.07 Å². The lowest BCUT2D eigenvalue weighted by Gasteiger charge is -2.20. The Morgan fingerprint density at radius 2 is 2.05 bits per heavy atom. The van der Waals surface area contributed by atoms with E-state index in [4.69, 9.17) is 0 Å². The Labute approximate surface area is 131 Å². The summed E-state index contributed by atoms with van der Waals surface area (Å²) in [5.74, 6) is 0.592. The molecule has 22 heavy (non-hydrogen) atoms. The van der Waals surface area contributed by atoms with Crippen molar-refractivity contribution in [3.05, 3.63) is 11.8 Å². The summed E-state index contributed by atoms with van der Waals surface area (Å²) in [5.41, 5.74) is 1.04. The highest BCUT2D eigenvalue weighted by Gasteiger charge is 2.33. The minimum Gasteiger partial charge on any atom is -0.309 e. The Balaban J connectivity index is 1.54. The van der Waals surface area contributed by atoms with Gasteiger partial charge in [-0.25, -0.2) is 8.42 Å². The molecule has 7 heteroatoms. The summed E-state index contributed by atoms with van der Waals surface area (Å²) in [6, 6.07) is 1.87. The van der Waals surface area contributed by atoms with Gasteiger partial charge in [0.05, 0.1) is 17.4 Å². The number of aromatic nitrogens is 2. The quantitative estimate of drug-likeness (QED) is 0.884. The third-order valence-electron chi connectivity index (χ3n) is 4.72. The Morgan fingerprint density at radius 1 is 1.27 bits per heavy atom. The fourth-order valence-electron chi connectivity index (χ4n) is 3.46. The maximum Gasteiger partial charge on any atom is 0.229 e. The van der Waals surface area contributed by atoms with Crippen LogP contribution in [0.4, 0.5) is 5.82 Å². The molecule has 6 nitrogen and oxygen atoms in total. The zero-order valence-electron chi connectivity index (χ0n) is 12.7. The van der Waals surface area contributed by atoms with E-state index in [2.05, 4.69) is 15.5 Å². The molecule has 1 saturated carbocycles. The first-order valence-corrected chi connectivity index (χ1v) is 9.89. The molecule has 1 aliphatic heterocycles. The molecule has 122 valence electrons. The second kappa shape index (κ2) is 6.40. The van der Waals surface area contributed by atoms with Gasteiger partial charge in [-0.1, -0.05) is 32.1 Å². The highest BCUT2D eigenvalue weighted by atomic mass is 32.2. The van der Waals surface area contributed by atoms with Crippen molar-refractivity contribution in [3.63, 3.8) is 0 Å². The molecule has 0 spiro atoms. The van der Waals surface area contributed by atoms with Crippen molar-refractivity contribution < 1.29 is 13.2 Å². The number of nitrogens with zero attached hydrogens (tertiary/aromatic N) is 1. The molecule has 2 N–H and O–H groups in total. The number of amides is 1. The molecular weight excluding hydrogens is 302 g/mol. The number of carbonyl (C=O) groups is 1. The molecule has 1 saturated heterocycles. The third-order valence-corrected chi connectivity index (χ3v) is 6.49. The second-order valence-corrected chi connectivity index (χ2v) is 8.80. The van der Waals surface area contributed by atoms with Crippen LogP contribution in [0.15, 0.2) is 6.07 Å². The van der Waals surface area contributed by atoms with Gasteiger partial charge in [0.1, 0.15) is 0 Å². The smallest absolute Gasteiger partial charge is 0.229 e. The van der Waals surface area contributed by atoms with Crippen molar-refractivity contribution in [3.8, 4) is 0 Å². The number of sulfone groups is 1. The van der Waals surface area contributed by atoms with Crippen molar-refractivity contribution in [1.82, 2.24) is 10.2 Å². The number of aromatic amines is 1. The first-order valence-electron chi connectivity index (χ1n) is 8.07. The molecule has 1 amide bonds. The van der Waals surface area contributed by atoms with Crippen molar-refractivity contribution in [2.45, 2.75) is 44.9 Å². The summed E-state index contributed by atoms with van der Waals surface area (Å²) in [6.07, 6.45) is 7.86. The van der Waals surface area contributed by atoms with E-state index in [9.17, 15) is 13.2 Å². The summed E-state index contributed by atoms with van der Waals surface area (Å²) in [4.78, 5) is 12.1. The zero-order valence-corrected chi connectivity index (χ0v) is 13.5. The van der Waals surface area contributed by atoms with Gasteiger partial charge in [-0.2, -0.15) is 5.10 Å². The van der Waals surface area contributed by atoms with Crippen LogP contribution in [0.25, 0.3) is 0 Å². The van der Waals surface area contributed by atoms with Gasteiger partial charge in [0.15, 0.2) is 15.7 Å². The first-order chi connectivity index (χ1) is 10.5. The average Bonchev–Trinajstić information content (AvgIpc) is 3.06. The number of hydrogen-bond donors (Lipinski definition) is 2. The topological polar surface area (TPSA) is 91.9 Å². The number of nitrogens with one attached hydrogen (secondary N) is 2. The SMILES string of the molecule is O=C(Nc1cc(CC2CCCCC2)[nH]n1)[C@@H]1CCS(=O)(=O)C1. The van der Waals surface area contributed by atoms with Crippen LogP contribution in [-0.2, 0) is 21.1 Å². The maximum atomic E-state index is 12.1. The number of H-pyrrole nitrogens is 1. The van der Waals surface area contributed by atoms with Gasteiger partial charge in [-0.3, -0.25) is 9.89 Å².